The molecule has 0 N–H and O–H groups in total. The first-order valence-corrected chi connectivity index (χ1v) is 9.50. The zero-order valence-electron chi connectivity index (χ0n) is 15.5. The summed E-state index contributed by atoms with van der Waals surface area (Å²) in [5.41, 5.74) is 0.364. The van der Waals surface area contributed by atoms with E-state index in [2.05, 4.69) is 15.0 Å². The number of rotatable bonds is 4. The quantitative estimate of drug-likeness (QED) is 0.804. The maximum Gasteiger partial charge on any atom is 0.274 e. The number of fused-ring (bicyclic) bond motifs is 4. The summed E-state index contributed by atoms with van der Waals surface area (Å²) in [4.78, 5) is 42.0. The summed E-state index contributed by atoms with van der Waals surface area (Å²) in [6.07, 6.45) is 11.0. The number of carbonyl (C=O) groups is 2. The van der Waals surface area contributed by atoms with Crippen LogP contribution in [-0.4, -0.2) is 66.8 Å². The maximum atomic E-state index is 13.0. The van der Waals surface area contributed by atoms with Crippen molar-refractivity contribution in [3.63, 3.8) is 0 Å². The molecule has 2 aromatic heterocycles. The van der Waals surface area contributed by atoms with Crippen LogP contribution in [0, 0.1) is 5.92 Å². The van der Waals surface area contributed by atoms with Crippen LogP contribution in [0.25, 0.3) is 0 Å². The van der Waals surface area contributed by atoms with E-state index in [0.29, 0.717) is 37.8 Å². The van der Waals surface area contributed by atoms with Crippen LogP contribution >= 0.6 is 0 Å². The molecule has 2 bridgehead atoms. The molecule has 0 saturated carbocycles. The molecular formula is C19H24N6O2. The highest BCUT2D eigenvalue weighted by molar-refractivity contribution is 5.92. The van der Waals surface area contributed by atoms with Crippen molar-refractivity contribution in [1.82, 2.24) is 29.3 Å². The number of piperidine rings is 1. The summed E-state index contributed by atoms with van der Waals surface area (Å²) in [5.74, 6) is 1.23. The molecule has 2 amide bonds. The Bertz CT molecular complexity index is 821. The summed E-state index contributed by atoms with van der Waals surface area (Å²) in [5, 5.41) is 0. The highest BCUT2D eigenvalue weighted by atomic mass is 16.2. The van der Waals surface area contributed by atoms with E-state index in [4.69, 9.17) is 0 Å². The average molecular weight is 368 g/mol. The standard InChI is InChI=1S/C19H24N6O2/c1-2-17-22-7-8-23(17)13-18(26)25-11-14-3-4-15(25)12-24(10-14)19(27)16-9-20-5-6-21-16/h5-9,14-15H,2-4,10-13H2,1H3/t14-,15+/m0/s1. The Morgan fingerprint density at radius 1 is 1.11 bits per heavy atom. The molecular weight excluding hydrogens is 344 g/mol. The van der Waals surface area contributed by atoms with Crippen LogP contribution in [0.15, 0.2) is 31.0 Å². The van der Waals surface area contributed by atoms with Gasteiger partial charge >= 0.3 is 0 Å². The summed E-state index contributed by atoms with van der Waals surface area (Å²) < 4.78 is 1.92. The first kappa shape index (κ1) is 17.6. The molecule has 5 heterocycles. The van der Waals surface area contributed by atoms with E-state index in [0.717, 1.165) is 25.1 Å². The Hall–Kier alpha value is -2.77. The third kappa shape index (κ3) is 3.56. The number of aromatic nitrogens is 4. The van der Waals surface area contributed by atoms with Gasteiger partial charge in [-0.15, -0.1) is 0 Å². The monoisotopic (exact) mass is 368 g/mol. The Balaban J connectivity index is 1.48. The van der Waals surface area contributed by atoms with E-state index in [1.165, 1.54) is 12.4 Å². The highest BCUT2D eigenvalue weighted by Gasteiger charge is 2.39. The Labute approximate surface area is 158 Å². The SMILES string of the molecule is CCc1nccn1CC(=O)N1C[C@H]2CC[C@@H]1CN(C(=O)c1cnccn1)C2. The summed E-state index contributed by atoms with van der Waals surface area (Å²) in [6, 6.07) is 0.0606. The third-order valence-electron chi connectivity index (χ3n) is 5.53. The van der Waals surface area contributed by atoms with Crippen molar-refractivity contribution in [3.8, 4) is 0 Å². The largest absolute Gasteiger partial charge is 0.336 e. The van der Waals surface area contributed by atoms with Crippen molar-refractivity contribution in [3.05, 3.63) is 42.5 Å². The number of hydrogen-bond donors (Lipinski definition) is 0. The van der Waals surface area contributed by atoms with Crippen molar-refractivity contribution < 1.29 is 9.59 Å². The van der Waals surface area contributed by atoms with E-state index in [1.807, 2.05) is 27.5 Å². The lowest BCUT2D eigenvalue weighted by Crippen LogP contribution is -2.48. The lowest BCUT2D eigenvalue weighted by molar-refractivity contribution is -0.136. The fourth-order valence-corrected chi connectivity index (χ4v) is 4.16. The number of imidazole rings is 1. The molecule has 0 aliphatic carbocycles. The van der Waals surface area contributed by atoms with Gasteiger partial charge in [0.2, 0.25) is 5.91 Å². The van der Waals surface area contributed by atoms with E-state index < -0.39 is 0 Å². The predicted octanol–water partition coefficient (Wildman–Crippen LogP) is 0.999. The van der Waals surface area contributed by atoms with Crippen LogP contribution in [0.4, 0.5) is 0 Å². The first-order chi connectivity index (χ1) is 13.2. The van der Waals surface area contributed by atoms with Gasteiger partial charge in [-0.05, 0) is 18.8 Å². The predicted molar refractivity (Wildman–Crippen MR) is 97.8 cm³/mol. The molecule has 3 saturated heterocycles. The number of carbonyl (C=O) groups excluding carboxylic acids is 2. The summed E-state index contributed by atoms with van der Waals surface area (Å²) >= 11 is 0. The lowest BCUT2D eigenvalue weighted by atomic mass is 9.95. The van der Waals surface area contributed by atoms with Crippen LogP contribution in [0.1, 0.15) is 36.1 Å². The topological polar surface area (TPSA) is 84.2 Å². The Morgan fingerprint density at radius 3 is 2.78 bits per heavy atom. The number of amides is 2. The third-order valence-corrected chi connectivity index (χ3v) is 5.53. The molecule has 3 fully saturated rings. The molecule has 0 radical (unpaired) electrons. The number of nitrogens with zero attached hydrogens (tertiary/aromatic N) is 6. The van der Waals surface area contributed by atoms with Crippen molar-refractivity contribution >= 4 is 11.8 Å². The minimum atomic E-state index is -0.0998. The van der Waals surface area contributed by atoms with Gasteiger partial charge in [0.1, 0.15) is 18.1 Å². The van der Waals surface area contributed by atoms with Gasteiger partial charge in [0, 0.05) is 56.9 Å². The van der Waals surface area contributed by atoms with Gasteiger partial charge in [0.15, 0.2) is 0 Å². The maximum absolute atomic E-state index is 13.0. The van der Waals surface area contributed by atoms with Crippen LogP contribution in [0.3, 0.4) is 0 Å². The zero-order chi connectivity index (χ0) is 18.8. The molecule has 0 unspecified atom stereocenters. The fourth-order valence-electron chi connectivity index (χ4n) is 4.16. The smallest absolute Gasteiger partial charge is 0.274 e. The highest BCUT2D eigenvalue weighted by Crippen LogP contribution is 2.29. The van der Waals surface area contributed by atoms with Gasteiger partial charge in [-0.25, -0.2) is 9.97 Å². The minimum absolute atomic E-state index is 0.0606. The van der Waals surface area contributed by atoms with Gasteiger partial charge < -0.3 is 14.4 Å². The molecule has 8 nitrogen and oxygen atoms in total. The molecule has 0 aromatic carbocycles. The fraction of sp³-hybridized carbons (Fsp3) is 0.526. The van der Waals surface area contributed by atoms with Crippen molar-refractivity contribution in [2.24, 2.45) is 5.92 Å². The van der Waals surface area contributed by atoms with Crippen LogP contribution < -0.4 is 0 Å². The molecule has 8 heteroatoms. The van der Waals surface area contributed by atoms with E-state index >= 15 is 0 Å². The Morgan fingerprint density at radius 2 is 2.00 bits per heavy atom. The second kappa shape index (κ2) is 7.46. The van der Waals surface area contributed by atoms with Crippen LogP contribution in [0.2, 0.25) is 0 Å². The number of aryl methyl sites for hydroxylation is 1. The molecule has 5 rings (SSSR count). The van der Waals surface area contributed by atoms with Gasteiger partial charge in [-0.2, -0.15) is 0 Å². The van der Waals surface area contributed by atoms with Gasteiger partial charge in [0.05, 0.1) is 6.20 Å². The zero-order valence-corrected chi connectivity index (χ0v) is 15.5. The Kier molecular flexibility index (Phi) is 4.87. The molecule has 3 aliphatic heterocycles. The van der Waals surface area contributed by atoms with Crippen LogP contribution in [-0.2, 0) is 17.8 Å². The van der Waals surface area contributed by atoms with Crippen molar-refractivity contribution in [1.29, 1.82) is 0 Å². The second-order valence-corrected chi connectivity index (χ2v) is 7.27. The molecule has 2 aromatic rings. The normalized spacial score (nSPS) is 22.0. The molecule has 27 heavy (non-hydrogen) atoms. The first-order valence-electron chi connectivity index (χ1n) is 9.50. The van der Waals surface area contributed by atoms with Gasteiger partial charge in [0.25, 0.3) is 5.91 Å². The molecule has 3 aliphatic rings. The lowest BCUT2D eigenvalue weighted by Gasteiger charge is -2.36. The molecule has 142 valence electrons. The number of hydrogen-bond acceptors (Lipinski definition) is 5. The van der Waals surface area contributed by atoms with E-state index in [-0.39, 0.29) is 17.9 Å². The minimum Gasteiger partial charge on any atom is -0.336 e. The molecule has 2 atom stereocenters. The second-order valence-electron chi connectivity index (χ2n) is 7.27. The van der Waals surface area contributed by atoms with Crippen molar-refractivity contribution in [2.45, 2.75) is 38.8 Å². The average Bonchev–Trinajstić information content (AvgIpc) is 2.94. The van der Waals surface area contributed by atoms with Crippen molar-refractivity contribution in [2.75, 3.05) is 19.6 Å². The van der Waals surface area contributed by atoms with E-state index in [1.54, 1.807) is 12.4 Å². The summed E-state index contributed by atoms with van der Waals surface area (Å²) in [7, 11) is 0. The van der Waals surface area contributed by atoms with Gasteiger partial charge in [-0.3, -0.25) is 14.6 Å². The molecule has 0 spiro atoms. The summed E-state index contributed by atoms with van der Waals surface area (Å²) in [6.45, 7) is 4.28. The van der Waals surface area contributed by atoms with E-state index in [9.17, 15) is 9.59 Å². The van der Waals surface area contributed by atoms with Crippen LogP contribution in [0.5, 0.6) is 0 Å². The van der Waals surface area contributed by atoms with Gasteiger partial charge in [-0.1, -0.05) is 6.92 Å².